The molecule has 3 aromatic rings. The minimum Gasteiger partial charge on any atom is -0.493 e. The molecule has 10 nitrogen and oxygen atoms in total. The number of rotatable bonds is 8. The standard InChI is InChI=1S/C21H23N3O7/c1-6-30-20(26)17-11(2)18(22-12(17)3)14(25)10-24-19(23-31-21(24)27)13-7-8-15(28-4)16(9-13)29-5/h7-9,22H,6,10H2,1-5H3. The number of carbonyl (C=O) groups is 2. The van der Waals surface area contributed by atoms with Crippen LogP contribution in [0.5, 0.6) is 11.5 Å². The van der Waals surface area contributed by atoms with Crippen LogP contribution < -0.4 is 15.2 Å². The van der Waals surface area contributed by atoms with Crippen molar-refractivity contribution in [2.45, 2.75) is 27.3 Å². The molecule has 0 saturated heterocycles. The quantitative estimate of drug-likeness (QED) is 0.428. The van der Waals surface area contributed by atoms with Gasteiger partial charge in [-0.15, -0.1) is 0 Å². The maximum absolute atomic E-state index is 13.0. The predicted molar refractivity (Wildman–Crippen MR) is 110 cm³/mol. The number of nitrogens with one attached hydrogen (secondary N) is 1. The molecule has 0 aliphatic heterocycles. The summed E-state index contributed by atoms with van der Waals surface area (Å²) in [6, 6.07) is 4.95. The largest absolute Gasteiger partial charge is 0.493 e. The van der Waals surface area contributed by atoms with Gasteiger partial charge in [-0.2, -0.15) is 0 Å². The van der Waals surface area contributed by atoms with E-state index in [0.717, 1.165) is 4.57 Å². The fourth-order valence-corrected chi connectivity index (χ4v) is 3.35. The molecular formula is C21H23N3O7. The molecule has 0 saturated carbocycles. The Labute approximate surface area is 177 Å². The minimum atomic E-state index is -0.787. The highest BCUT2D eigenvalue weighted by atomic mass is 16.5. The number of hydrogen-bond acceptors (Lipinski definition) is 8. The third-order valence-electron chi connectivity index (χ3n) is 4.83. The summed E-state index contributed by atoms with van der Waals surface area (Å²) >= 11 is 0. The lowest BCUT2D eigenvalue weighted by Crippen LogP contribution is -2.22. The van der Waals surface area contributed by atoms with Crippen molar-refractivity contribution in [1.29, 1.82) is 0 Å². The van der Waals surface area contributed by atoms with Gasteiger partial charge in [0.15, 0.2) is 23.1 Å². The summed E-state index contributed by atoms with van der Waals surface area (Å²) in [6.07, 6.45) is 0. The van der Waals surface area contributed by atoms with E-state index >= 15 is 0 Å². The van der Waals surface area contributed by atoms with E-state index in [1.165, 1.54) is 14.2 Å². The number of benzene rings is 1. The second kappa shape index (κ2) is 8.90. The first kappa shape index (κ1) is 21.9. The number of ketones is 1. The monoisotopic (exact) mass is 429 g/mol. The zero-order valence-electron chi connectivity index (χ0n) is 17.9. The molecule has 10 heteroatoms. The first-order valence-electron chi connectivity index (χ1n) is 9.50. The number of hydrogen-bond donors (Lipinski definition) is 1. The van der Waals surface area contributed by atoms with Gasteiger partial charge in [-0.1, -0.05) is 5.16 Å². The van der Waals surface area contributed by atoms with Crippen LogP contribution in [-0.4, -0.2) is 47.3 Å². The summed E-state index contributed by atoms with van der Waals surface area (Å²) in [7, 11) is 2.99. The van der Waals surface area contributed by atoms with Crippen molar-refractivity contribution < 1.29 is 28.3 Å². The molecule has 164 valence electrons. The molecule has 0 fully saturated rings. The minimum absolute atomic E-state index is 0.158. The Morgan fingerprint density at radius 2 is 1.87 bits per heavy atom. The van der Waals surface area contributed by atoms with Crippen LogP contribution >= 0.6 is 0 Å². The summed E-state index contributed by atoms with van der Waals surface area (Å²) < 4.78 is 21.5. The molecule has 0 bridgehead atoms. The van der Waals surface area contributed by atoms with Crippen LogP contribution in [0.15, 0.2) is 27.5 Å². The molecule has 0 unspecified atom stereocenters. The molecule has 31 heavy (non-hydrogen) atoms. The maximum atomic E-state index is 13.0. The van der Waals surface area contributed by atoms with Crippen LogP contribution in [0.2, 0.25) is 0 Å². The molecule has 0 atom stereocenters. The van der Waals surface area contributed by atoms with Crippen molar-refractivity contribution in [2.75, 3.05) is 20.8 Å². The van der Waals surface area contributed by atoms with Crippen molar-refractivity contribution >= 4 is 11.8 Å². The fraction of sp³-hybridized carbons (Fsp3) is 0.333. The molecule has 2 aromatic heterocycles. The lowest BCUT2D eigenvalue weighted by molar-refractivity contribution is 0.0525. The van der Waals surface area contributed by atoms with Crippen LogP contribution in [0.1, 0.15) is 39.0 Å². The number of esters is 1. The summed E-state index contributed by atoms with van der Waals surface area (Å²) in [5, 5.41) is 3.80. The van der Waals surface area contributed by atoms with Gasteiger partial charge >= 0.3 is 11.7 Å². The van der Waals surface area contributed by atoms with Gasteiger partial charge in [-0.3, -0.25) is 9.32 Å². The molecule has 1 aromatic carbocycles. The number of methoxy groups -OCH3 is 2. The Kier molecular flexibility index (Phi) is 6.28. The van der Waals surface area contributed by atoms with E-state index in [9.17, 15) is 14.4 Å². The van der Waals surface area contributed by atoms with Crippen molar-refractivity contribution in [2.24, 2.45) is 0 Å². The third kappa shape index (κ3) is 4.09. The number of aromatic nitrogens is 3. The van der Waals surface area contributed by atoms with Crippen molar-refractivity contribution in [3.63, 3.8) is 0 Å². The smallest absolute Gasteiger partial charge is 0.442 e. The van der Waals surface area contributed by atoms with Crippen molar-refractivity contribution in [1.82, 2.24) is 14.7 Å². The maximum Gasteiger partial charge on any atom is 0.442 e. The summed E-state index contributed by atoms with van der Waals surface area (Å²) in [5.74, 6) is -0.619. The topological polar surface area (TPSA) is 126 Å². The summed E-state index contributed by atoms with van der Waals surface area (Å²) in [4.78, 5) is 40.3. The average Bonchev–Trinajstić information content (AvgIpc) is 3.26. The van der Waals surface area contributed by atoms with E-state index < -0.39 is 17.5 Å². The van der Waals surface area contributed by atoms with Gasteiger partial charge in [-0.25, -0.2) is 14.2 Å². The molecule has 0 aliphatic rings. The van der Waals surface area contributed by atoms with Gasteiger partial charge in [-0.05, 0) is 44.5 Å². The van der Waals surface area contributed by atoms with Crippen molar-refractivity contribution in [3.8, 4) is 22.9 Å². The highest BCUT2D eigenvalue weighted by molar-refractivity contribution is 6.01. The van der Waals surface area contributed by atoms with Gasteiger partial charge in [0.2, 0.25) is 0 Å². The number of nitrogens with zero attached hydrogens (tertiary/aromatic N) is 2. The first-order chi connectivity index (χ1) is 14.8. The molecule has 0 radical (unpaired) electrons. The SMILES string of the molecule is CCOC(=O)c1c(C)[nH]c(C(=O)Cn2c(-c3ccc(OC)c(OC)c3)noc2=O)c1C. The van der Waals surface area contributed by atoms with Crippen LogP contribution in [0.25, 0.3) is 11.4 Å². The van der Waals surface area contributed by atoms with Gasteiger partial charge in [0.05, 0.1) is 38.6 Å². The first-order valence-corrected chi connectivity index (χ1v) is 9.50. The van der Waals surface area contributed by atoms with Gasteiger partial charge in [0.1, 0.15) is 0 Å². The molecule has 0 amide bonds. The molecule has 2 heterocycles. The number of ether oxygens (including phenoxy) is 3. The van der Waals surface area contributed by atoms with Gasteiger partial charge in [0, 0.05) is 11.3 Å². The Hall–Kier alpha value is -3.82. The van der Waals surface area contributed by atoms with Crippen LogP contribution in [0.4, 0.5) is 0 Å². The highest BCUT2D eigenvalue weighted by Crippen LogP contribution is 2.31. The van der Waals surface area contributed by atoms with Crippen LogP contribution in [0.3, 0.4) is 0 Å². The molecule has 1 N–H and O–H groups in total. The normalized spacial score (nSPS) is 10.7. The molecule has 0 aliphatic carbocycles. The van der Waals surface area contributed by atoms with E-state index in [1.807, 2.05) is 0 Å². The zero-order valence-corrected chi connectivity index (χ0v) is 17.9. The number of aromatic amines is 1. The lowest BCUT2D eigenvalue weighted by Gasteiger charge is -2.09. The fourth-order valence-electron chi connectivity index (χ4n) is 3.35. The van der Waals surface area contributed by atoms with E-state index in [4.69, 9.17) is 18.7 Å². The molecule has 0 spiro atoms. The summed E-state index contributed by atoms with van der Waals surface area (Å²) in [6.45, 7) is 4.91. The van der Waals surface area contributed by atoms with E-state index in [2.05, 4.69) is 10.1 Å². The lowest BCUT2D eigenvalue weighted by atomic mass is 10.1. The van der Waals surface area contributed by atoms with Crippen molar-refractivity contribution in [3.05, 3.63) is 51.3 Å². The Morgan fingerprint density at radius 3 is 2.52 bits per heavy atom. The second-order valence-corrected chi connectivity index (χ2v) is 6.70. The Bertz CT molecular complexity index is 1190. The Balaban J connectivity index is 1.96. The molecular weight excluding hydrogens is 406 g/mol. The molecule has 3 rings (SSSR count). The number of Topliss-reactive ketones (excluding diaryl/α,β-unsaturated/α-hetero) is 1. The third-order valence-corrected chi connectivity index (χ3v) is 4.83. The van der Waals surface area contributed by atoms with Crippen LogP contribution in [-0.2, 0) is 11.3 Å². The number of H-pyrrole nitrogens is 1. The number of aryl methyl sites for hydroxylation is 1. The average molecular weight is 429 g/mol. The van der Waals surface area contributed by atoms with Gasteiger partial charge < -0.3 is 19.2 Å². The predicted octanol–water partition coefficient (Wildman–Crippen LogP) is 2.53. The summed E-state index contributed by atoms with van der Waals surface area (Å²) in [5.41, 5.74) is 1.99. The van der Waals surface area contributed by atoms with Crippen LogP contribution in [0, 0.1) is 13.8 Å². The van der Waals surface area contributed by atoms with E-state index in [1.54, 1.807) is 39.0 Å². The Morgan fingerprint density at radius 1 is 1.16 bits per heavy atom. The van der Waals surface area contributed by atoms with E-state index in [0.29, 0.717) is 33.9 Å². The van der Waals surface area contributed by atoms with E-state index in [-0.39, 0.29) is 24.7 Å². The highest BCUT2D eigenvalue weighted by Gasteiger charge is 2.25. The second-order valence-electron chi connectivity index (χ2n) is 6.70. The number of carbonyl (C=O) groups excluding carboxylic acids is 2. The zero-order chi connectivity index (χ0) is 22.7. The van der Waals surface area contributed by atoms with Gasteiger partial charge in [0.25, 0.3) is 0 Å².